The molecule has 0 spiro atoms. The quantitative estimate of drug-likeness (QED) is 0.920. The predicted molar refractivity (Wildman–Crippen MR) is 78.4 cm³/mol. The number of hydrogen-bond donors (Lipinski definition) is 1. The highest BCUT2D eigenvalue weighted by Gasteiger charge is 2.23. The van der Waals surface area contributed by atoms with Crippen LogP contribution in [0.1, 0.15) is 21.7 Å². The molecule has 0 radical (unpaired) electrons. The number of carboxylic acids is 1. The predicted octanol–water partition coefficient (Wildman–Crippen LogP) is 1.71. The monoisotopic (exact) mass is 301 g/mol. The summed E-state index contributed by atoms with van der Waals surface area (Å²) in [5.41, 5.74) is 2.21. The molecule has 0 aliphatic carbocycles. The molecule has 114 valence electrons. The molecule has 0 saturated heterocycles. The second kappa shape index (κ2) is 5.51. The normalized spacial score (nSPS) is 12.9. The molecule has 0 fully saturated rings. The third-order valence-corrected chi connectivity index (χ3v) is 3.58. The number of methoxy groups -OCH3 is 2. The highest BCUT2D eigenvalue weighted by atomic mass is 16.5. The third-order valence-electron chi connectivity index (χ3n) is 3.58. The Hall–Kier alpha value is -2.83. The summed E-state index contributed by atoms with van der Waals surface area (Å²) >= 11 is 0. The van der Waals surface area contributed by atoms with Crippen molar-refractivity contribution in [2.75, 3.05) is 19.1 Å². The Bertz CT molecular complexity index is 700. The van der Waals surface area contributed by atoms with Gasteiger partial charge in [-0.15, -0.1) is 0 Å². The van der Waals surface area contributed by atoms with Gasteiger partial charge in [0.05, 0.1) is 14.2 Å². The first-order valence-corrected chi connectivity index (χ1v) is 6.67. The van der Waals surface area contributed by atoms with Crippen molar-refractivity contribution in [2.24, 2.45) is 0 Å². The van der Waals surface area contributed by atoms with Gasteiger partial charge in [0.25, 0.3) is 0 Å². The fourth-order valence-electron chi connectivity index (χ4n) is 2.52. The van der Waals surface area contributed by atoms with Gasteiger partial charge in [0.1, 0.15) is 5.82 Å². The number of benzene rings is 1. The highest BCUT2D eigenvalue weighted by molar-refractivity contribution is 5.83. The van der Waals surface area contributed by atoms with Gasteiger partial charge in [-0.1, -0.05) is 0 Å². The standard InChI is InChI=1S/C15H15N3O4/c1-21-11-5-9-7-18(8-10(9)6-12(11)22-2)13-3-4-16-14(17-13)15(19)20/h3-6H,7-8H2,1-2H3,(H,19,20). The Balaban J connectivity index is 1.91. The number of carboxylic acid groups (broad SMARTS) is 1. The van der Waals surface area contributed by atoms with Crippen LogP contribution >= 0.6 is 0 Å². The molecule has 22 heavy (non-hydrogen) atoms. The van der Waals surface area contributed by atoms with E-state index in [0.717, 1.165) is 11.1 Å². The molecule has 0 bridgehead atoms. The number of carbonyl (C=O) groups is 1. The summed E-state index contributed by atoms with van der Waals surface area (Å²) in [4.78, 5) is 20.8. The van der Waals surface area contributed by atoms with Crippen LogP contribution in [-0.4, -0.2) is 35.3 Å². The summed E-state index contributed by atoms with van der Waals surface area (Å²) in [6.07, 6.45) is 1.45. The lowest BCUT2D eigenvalue weighted by Crippen LogP contribution is -2.17. The first-order chi connectivity index (χ1) is 10.6. The minimum Gasteiger partial charge on any atom is -0.493 e. The second-order valence-corrected chi connectivity index (χ2v) is 4.88. The molecule has 7 nitrogen and oxygen atoms in total. The Kier molecular flexibility index (Phi) is 3.54. The van der Waals surface area contributed by atoms with E-state index in [1.54, 1.807) is 20.3 Å². The number of hydrogen-bond acceptors (Lipinski definition) is 6. The summed E-state index contributed by atoms with van der Waals surface area (Å²) < 4.78 is 10.6. The molecular weight excluding hydrogens is 286 g/mol. The van der Waals surface area contributed by atoms with Crippen LogP contribution in [0.5, 0.6) is 11.5 Å². The molecule has 1 N–H and O–H groups in total. The Morgan fingerprint density at radius 3 is 2.27 bits per heavy atom. The maximum Gasteiger partial charge on any atom is 0.374 e. The van der Waals surface area contributed by atoms with Crippen molar-refractivity contribution in [3.8, 4) is 11.5 Å². The molecule has 1 aliphatic heterocycles. The van der Waals surface area contributed by atoms with Gasteiger partial charge < -0.3 is 19.5 Å². The minimum absolute atomic E-state index is 0.205. The minimum atomic E-state index is -1.14. The number of ether oxygens (including phenoxy) is 2. The van der Waals surface area contributed by atoms with Gasteiger partial charge in [-0.3, -0.25) is 0 Å². The Morgan fingerprint density at radius 1 is 1.18 bits per heavy atom. The highest BCUT2D eigenvalue weighted by Crippen LogP contribution is 2.36. The van der Waals surface area contributed by atoms with Crippen molar-refractivity contribution in [2.45, 2.75) is 13.1 Å². The number of anilines is 1. The summed E-state index contributed by atoms with van der Waals surface area (Å²) in [6, 6.07) is 5.58. The van der Waals surface area contributed by atoms with E-state index in [9.17, 15) is 4.79 Å². The van der Waals surface area contributed by atoms with Crippen LogP contribution in [0.25, 0.3) is 0 Å². The lowest BCUT2D eigenvalue weighted by atomic mass is 10.1. The van der Waals surface area contributed by atoms with Crippen LogP contribution in [0.3, 0.4) is 0 Å². The molecule has 1 aliphatic rings. The average molecular weight is 301 g/mol. The van der Waals surface area contributed by atoms with Crippen LogP contribution < -0.4 is 14.4 Å². The van der Waals surface area contributed by atoms with Gasteiger partial charge in [-0.25, -0.2) is 14.8 Å². The number of aromatic carboxylic acids is 1. The molecule has 2 heterocycles. The maximum absolute atomic E-state index is 11.0. The summed E-state index contributed by atoms with van der Waals surface area (Å²) in [6.45, 7) is 1.26. The first-order valence-electron chi connectivity index (χ1n) is 6.67. The lowest BCUT2D eigenvalue weighted by Gasteiger charge is -2.16. The van der Waals surface area contributed by atoms with Gasteiger partial charge in [0.15, 0.2) is 11.5 Å². The van der Waals surface area contributed by atoms with E-state index in [0.29, 0.717) is 30.4 Å². The van der Waals surface area contributed by atoms with E-state index in [-0.39, 0.29) is 5.82 Å². The van der Waals surface area contributed by atoms with E-state index in [1.807, 2.05) is 17.0 Å². The van der Waals surface area contributed by atoms with Gasteiger partial charge in [-0.2, -0.15) is 0 Å². The molecule has 0 saturated carbocycles. The fourth-order valence-corrected chi connectivity index (χ4v) is 2.52. The van der Waals surface area contributed by atoms with Gasteiger partial charge >= 0.3 is 5.97 Å². The van der Waals surface area contributed by atoms with Crippen LogP contribution in [-0.2, 0) is 13.1 Å². The van der Waals surface area contributed by atoms with E-state index < -0.39 is 5.97 Å². The van der Waals surface area contributed by atoms with Crippen LogP contribution in [0.15, 0.2) is 24.4 Å². The molecule has 3 rings (SSSR count). The first kappa shape index (κ1) is 14.1. The van der Waals surface area contributed by atoms with Crippen LogP contribution in [0.2, 0.25) is 0 Å². The number of rotatable bonds is 4. The second-order valence-electron chi connectivity index (χ2n) is 4.88. The molecule has 1 aromatic heterocycles. The number of fused-ring (bicyclic) bond motifs is 1. The maximum atomic E-state index is 11.0. The van der Waals surface area contributed by atoms with Crippen LogP contribution in [0, 0.1) is 0 Å². The Morgan fingerprint density at radius 2 is 1.77 bits per heavy atom. The lowest BCUT2D eigenvalue weighted by molar-refractivity contribution is 0.0683. The number of aromatic nitrogens is 2. The van der Waals surface area contributed by atoms with Crippen molar-refractivity contribution < 1.29 is 19.4 Å². The molecular formula is C15H15N3O4. The molecule has 0 unspecified atom stereocenters. The fraction of sp³-hybridized carbons (Fsp3) is 0.267. The van der Waals surface area contributed by atoms with Gasteiger partial charge in [-0.05, 0) is 29.3 Å². The zero-order valence-corrected chi connectivity index (χ0v) is 12.2. The van der Waals surface area contributed by atoms with Crippen molar-refractivity contribution in [1.82, 2.24) is 9.97 Å². The van der Waals surface area contributed by atoms with Crippen molar-refractivity contribution in [3.05, 3.63) is 41.3 Å². The zero-order valence-electron chi connectivity index (χ0n) is 12.2. The zero-order chi connectivity index (χ0) is 15.7. The average Bonchev–Trinajstić information content (AvgIpc) is 2.96. The van der Waals surface area contributed by atoms with E-state index >= 15 is 0 Å². The topological polar surface area (TPSA) is 84.8 Å². The molecule has 1 aromatic carbocycles. The van der Waals surface area contributed by atoms with E-state index in [4.69, 9.17) is 14.6 Å². The van der Waals surface area contributed by atoms with Crippen molar-refractivity contribution in [1.29, 1.82) is 0 Å². The van der Waals surface area contributed by atoms with Gasteiger partial charge in [0, 0.05) is 19.3 Å². The Labute approximate surface area is 127 Å². The van der Waals surface area contributed by atoms with E-state index in [2.05, 4.69) is 9.97 Å². The van der Waals surface area contributed by atoms with Crippen molar-refractivity contribution in [3.63, 3.8) is 0 Å². The van der Waals surface area contributed by atoms with E-state index in [1.165, 1.54) is 6.20 Å². The van der Waals surface area contributed by atoms with Crippen LogP contribution in [0.4, 0.5) is 5.82 Å². The largest absolute Gasteiger partial charge is 0.493 e. The third kappa shape index (κ3) is 2.41. The molecule has 2 aromatic rings. The smallest absolute Gasteiger partial charge is 0.374 e. The molecule has 0 amide bonds. The molecule has 7 heteroatoms. The SMILES string of the molecule is COc1cc2c(cc1OC)CN(c1ccnc(C(=O)O)n1)C2. The number of nitrogens with zero attached hydrogens (tertiary/aromatic N) is 3. The summed E-state index contributed by atoms with van der Waals surface area (Å²) in [5, 5.41) is 8.99. The summed E-state index contributed by atoms with van der Waals surface area (Å²) in [5.74, 6) is 0.598. The van der Waals surface area contributed by atoms with Gasteiger partial charge in [0.2, 0.25) is 5.82 Å². The van der Waals surface area contributed by atoms with Crippen molar-refractivity contribution >= 4 is 11.8 Å². The summed E-state index contributed by atoms with van der Waals surface area (Å²) in [7, 11) is 3.20. The molecule has 0 atom stereocenters.